The Morgan fingerprint density at radius 1 is 1.12 bits per heavy atom. The predicted molar refractivity (Wildman–Crippen MR) is 102 cm³/mol. The van der Waals surface area contributed by atoms with Gasteiger partial charge in [-0.2, -0.15) is 0 Å². The van der Waals surface area contributed by atoms with Gasteiger partial charge in [-0.15, -0.1) is 11.8 Å². The summed E-state index contributed by atoms with van der Waals surface area (Å²) in [5.74, 6) is 2.27. The second kappa shape index (κ2) is 8.67. The lowest BCUT2D eigenvalue weighted by atomic mass is 10.1. The average molecular weight is 361 g/mol. The first-order valence-corrected chi connectivity index (χ1v) is 8.98. The summed E-state index contributed by atoms with van der Waals surface area (Å²) in [4.78, 5) is 12.1. The molecule has 2 N–H and O–H groups in total. The topological polar surface area (TPSA) is 67.8 Å². The van der Waals surface area contributed by atoms with Gasteiger partial charge in [-0.05, 0) is 54.8 Å². The minimum atomic E-state index is -0.151. The van der Waals surface area contributed by atoms with Crippen LogP contribution in [0.2, 0.25) is 0 Å². The third-order valence-electron chi connectivity index (χ3n) is 3.76. The number of anilines is 1. The lowest BCUT2D eigenvalue weighted by molar-refractivity contribution is -0.113. The zero-order valence-corrected chi connectivity index (χ0v) is 15.7. The van der Waals surface area contributed by atoms with Crippen molar-refractivity contribution in [2.45, 2.75) is 19.6 Å². The van der Waals surface area contributed by atoms with E-state index in [9.17, 15) is 9.90 Å². The maximum Gasteiger partial charge on any atom is 0.234 e. The molecule has 2 aromatic carbocycles. The molecule has 5 nitrogen and oxygen atoms in total. The van der Waals surface area contributed by atoms with Gasteiger partial charge < -0.3 is 19.9 Å². The van der Waals surface area contributed by atoms with Crippen LogP contribution in [0.4, 0.5) is 5.69 Å². The number of amides is 1. The first-order chi connectivity index (χ1) is 11.9. The van der Waals surface area contributed by atoms with Crippen LogP contribution < -0.4 is 14.8 Å². The van der Waals surface area contributed by atoms with Gasteiger partial charge in [0, 0.05) is 5.75 Å². The fourth-order valence-corrected chi connectivity index (χ4v) is 3.26. The Labute approximate surface area is 152 Å². The van der Waals surface area contributed by atoms with Crippen molar-refractivity contribution < 1.29 is 19.4 Å². The van der Waals surface area contributed by atoms with Crippen LogP contribution in [0.1, 0.15) is 16.7 Å². The second-order valence-corrected chi connectivity index (χ2v) is 6.68. The molecule has 2 aromatic rings. The number of carbonyl (C=O) groups is 1. The monoisotopic (exact) mass is 361 g/mol. The van der Waals surface area contributed by atoms with Gasteiger partial charge in [0.05, 0.1) is 25.7 Å². The van der Waals surface area contributed by atoms with Crippen molar-refractivity contribution >= 4 is 23.4 Å². The van der Waals surface area contributed by atoms with Gasteiger partial charge in [0.15, 0.2) is 11.5 Å². The number of phenolic OH excluding ortho intramolecular Hbond substituents is 1. The number of aromatic hydroxyl groups is 1. The molecule has 2 rings (SSSR count). The molecule has 25 heavy (non-hydrogen) atoms. The van der Waals surface area contributed by atoms with Gasteiger partial charge in [-0.1, -0.05) is 6.07 Å². The van der Waals surface area contributed by atoms with Crippen LogP contribution >= 0.6 is 11.8 Å². The van der Waals surface area contributed by atoms with Crippen molar-refractivity contribution in [3.05, 3.63) is 47.0 Å². The van der Waals surface area contributed by atoms with Crippen molar-refractivity contribution in [2.75, 3.05) is 25.3 Å². The predicted octanol–water partition coefficient (Wildman–Crippen LogP) is 3.90. The molecule has 0 fully saturated rings. The van der Waals surface area contributed by atoms with Gasteiger partial charge in [0.1, 0.15) is 5.75 Å². The highest BCUT2D eigenvalue weighted by Gasteiger charge is 2.10. The molecule has 0 aromatic heterocycles. The van der Waals surface area contributed by atoms with Gasteiger partial charge >= 0.3 is 0 Å². The summed E-state index contributed by atoms with van der Waals surface area (Å²) >= 11 is 1.50. The summed E-state index contributed by atoms with van der Waals surface area (Å²) in [6.45, 7) is 3.88. The van der Waals surface area contributed by atoms with Crippen molar-refractivity contribution in [2.24, 2.45) is 0 Å². The highest BCUT2D eigenvalue weighted by Crippen LogP contribution is 2.32. The smallest absolute Gasteiger partial charge is 0.234 e. The summed E-state index contributed by atoms with van der Waals surface area (Å²) in [6.07, 6.45) is 0. The minimum absolute atomic E-state index is 0.0779. The van der Waals surface area contributed by atoms with Crippen molar-refractivity contribution in [3.63, 3.8) is 0 Å². The van der Waals surface area contributed by atoms with E-state index in [1.54, 1.807) is 26.4 Å². The molecular weight excluding hydrogens is 338 g/mol. The molecule has 0 spiro atoms. The average Bonchev–Trinajstić information content (AvgIpc) is 2.58. The summed E-state index contributed by atoms with van der Waals surface area (Å²) in [5, 5.41) is 12.6. The quantitative estimate of drug-likeness (QED) is 0.732. The fraction of sp³-hybridized carbons (Fsp3) is 0.316. The minimum Gasteiger partial charge on any atom is -0.506 e. The van der Waals surface area contributed by atoms with E-state index in [1.807, 2.05) is 32.0 Å². The highest BCUT2D eigenvalue weighted by atomic mass is 32.2. The molecule has 6 heteroatoms. The van der Waals surface area contributed by atoms with E-state index in [1.165, 1.54) is 11.8 Å². The Morgan fingerprint density at radius 3 is 2.44 bits per heavy atom. The molecule has 0 aliphatic heterocycles. The van der Waals surface area contributed by atoms with Gasteiger partial charge in [0.25, 0.3) is 0 Å². The number of hydrogen-bond acceptors (Lipinski definition) is 5. The second-order valence-electron chi connectivity index (χ2n) is 5.70. The molecule has 0 saturated carbocycles. The van der Waals surface area contributed by atoms with E-state index in [4.69, 9.17) is 9.47 Å². The number of phenols is 1. The van der Waals surface area contributed by atoms with Crippen LogP contribution in [0.15, 0.2) is 30.3 Å². The molecule has 0 radical (unpaired) electrons. The van der Waals surface area contributed by atoms with E-state index in [0.29, 0.717) is 28.7 Å². The summed E-state index contributed by atoms with van der Waals surface area (Å²) in [6, 6.07) is 9.03. The molecule has 0 aliphatic carbocycles. The van der Waals surface area contributed by atoms with Crippen LogP contribution in [0, 0.1) is 13.8 Å². The van der Waals surface area contributed by atoms with Crippen molar-refractivity contribution in [1.29, 1.82) is 0 Å². The number of rotatable bonds is 7. The standard InChI is InChI=1S/C19H23NO4S/c1-12-5-6-15(16(21)7-12)20-19(22)11-25-10-14-9-18(24-4)17(23-3)8-13(14)2/h5-9,21H,10-11H2,1-4H3,(H,20,22). The zero-order chi connectivity index (χ0) is 18.4. The van der Waals surface area contributed by atoms with Gasteiger partial charge in [0.2, 0.25) is 5.91 Å². The molecule has 134 valence electrons. The number of ether oxygens (including phenoxy) is 2. The summed E-state index contributed by atoms with van der Waals surface area (Å²) < 4.78 is 10.6. The van der Waals surface area contributed by atoms with Gasteiger partial charge in [-0.25, -0.2) is 0 Å². The maximum absolute atomic E-state index is 12.1. The zero-order valence-electron chi connectivity index (χ0n) is 14.9. The third kappa shape index (κ3) is 5.06. The van der Waals surface area contributed by atoms with Crippen LogP contribution in [0.3, 0.4) is 0 Å². The van der Waals surface area contributed by atoms with Crippen molar-refractivity contribution in [3.8, 4) is 17.2 Å². The Kier molecular flexibility index (Phi) is 6.58. The number of methoxy groups -OCH3 is 2. The molecule has 1 amide bonds. The third-order valence-corrected chi connectivity index (χ3v) is 4.74. The number of benzene rings is 2. The number of aryl methyl sites for hydroxylation is 2. The van der Waals surface area contributed by atoms with Crippen LogP contribution in [0.25, 0.3) is 0 Å². The highest BCUT2D eigenvalue weighted by molar-refractivity contribution is 7.99. The number of nitrogens with one attached hydrogen (secondary N) is 1. The molecule has 0 unspecified atom stereocenters. The number of carbonyl (C=O) groups excluding carboxylic acids is 1. The molecule has 0 bridgehead atoms. The molecular formula is C19H23NO4S. The summed E-state index contributed by atoms with van der Waals surface area (Å²) in [5.41, 5.74) is 3.54. The Balaban J connectivity index is 1.93. The van der Waals surface area contributed by atoms with Crippen LogP contribution in [-0.2, 0) is 10.5 Å². The maximum atomic E-state index is 12.1. The van der Waals surface area contributed by atoms with Crippen LogP contribution in [0.5, 0.6) is 17.2 Å². The lowest BCUT2D eigenvalue weighted by Gasteiger charge is -2.13. The van der Waals surface area contributed by atoms with Crippen LogP contribution in [-0.4, -0.2) is 31.0 Å². The van der Waals surface area contributed by atoms with Gasteiger partial charge in [-0.3, -0.25) is 4.79 Å². The Bertz CT molecular complexity index is 761. The Hall–Kier alpha value is -2.34. The van der Waals surface area contributed by atoms with E-state index in [2.05, 4.69) is 5.32 Å². The lowest BCUT2D eigenvalue weighted by Crippen LogP contribution is -2.14. The number of hydrogen-bond donors (Lipinski definition) is 2. The SMILES string of the molecule is COc1cc(C)c(CSCC(=O)Nc2ccc(C)cc2O)cc1OC. The fourth-order valence-electron chi connectivity index (χ4n) is 2.37. The molecule has 0 aliphatic rings. The van der Waals surface area contributed by atoms with E-state index in [0.717, 1.165) is 16.7 Å². The summed E-state index contributed by atoms with van der Waals surface area (Å²) in [7, 11) is 3.21. The van der Waals surface area contributed by atoms with Crippen molar-refractivity contribution in [1.82, 2.24) is 0 Å². The van der Waals surface area contributed by atoms with E-state index >= 15 is 0 Å². The van der Waals surface area contributed by atoms with E-state index < -0.39 is 0 Å². The largest absolute Gasteiger partial charge is 0.506 e. The Morgan fingerprint density at radius 2 is 1.80 bits per heavy atom. The molecule has 0 heterocycles. The van der Waals surface area contributed by atoms with E-state index in [-0.39, 0.29) is 11.7 Å². The molecule has 0 saturated heterocycles. The normalized spacial score (nSPS) is 10.4. The first-order valence-electron chi connectivity index (χ1n) is 7.83. The first kappa shape index (κ1) is 19.0. The number of thioether (sulfide) groups is 1. The molecule has 0 atom stereocenters.